The molecule has 2 heterocycles. The van der Waals surface area contributed by atoms with Crippen LogP contribution in [0.2, 0.25) is 0 Å². The standard InChI is InChI=1S/C12H20N2O4S2/c1-9(2)8-20(17,18)13-5-3-10(4-6-13)14-11(15)7-19-12(14)16/h9-10H,3-8H2,1-2H3. The maximum Gasteiger partial charge on any atom is 0.289 e. The molecule has 2 fully saturated rings. The molecule has 0 bridgehead atoms. The molecule has 0 saturated carbocycles. The van der Waals surface area contributed by atoms with Crippen molar-refractivity contribution < 1.29 is 18.0 Å². The number of rotatable bonds is 4. The van der Waals surface area contributed by atoms with Crippen molar-refractivity contribution in [3.63, 3.8) is 0 Å². The van der Waals surface area contributed by atoms with Crippen LogP contribution in [0.4, 0.5) is 4.79 Å². The summed E-state index contributed by atoms with van der Waals surface area (Å²) in [5.74, 6) is 0.305. The minimum absolute atomic E-state index is 0.0934. The maximum atomic E-state index is 12.1. The fourth-order valence-electron chi connectivity index (χ4n) is 2.62. The molecular weight excluding hydrogens is 300 g/mol. The number of nitrogens with zero attached hydrogens (tertiary/aromatic N) is 2. The number of piperidine rings is 1. The summed E-state index contributed by atoms with van der Waals surface area (Å²) < 4.78 is 25.7. The molecule has 6 nitrogen and oxygen atoms in total. The molecule has 0 spiro atoms. The molecule has 0 unspecified atom stereocenters. The van der Waals surface area contributed by atoms with Crippen LogP contribution >= 0.6 is 11.8 Å². The first kappa shape index (κ1) is 15.8. The number of hydrogen-bond donors (Lipinski definition) is 0. The molecule has 2 amide bonds. The molecule has 0 aromatic carbocycles. The van der Waals surface area contributed by atoms with E-state index in [1.807, 2.05) is 13.8 Å². The summed E-state index contributed by atoms with van der Waals surface area (Å²) in [6.45, 7) is 4.54. The summed E-state index contributed by atoms with van der Waals surface area (Å²) in [6.07, 6.45) is 1.07. The predicted octanol–water partition coefficient (Wildman–Crippen LogP) is 1.13. The van der Waals surface area contributed by atoms with E-state index in [-0.39, 0.29) is 34.6 Å². The first-order chi connectivity index (χ1) is 9.31. The Kier molecular flexibility index (Phi) is 4.76. The number of carbonyl (C=O) groups excluding carboxylic acids is 2. The normalized spacial score (nSPS) is 23.1. The zero-order valence-electron chi connectivity index (χ0n) is 11.7. The number of sulfonamides is 1. The van der Waals surface area contributed by atoms with Gasteiger partial charge in [0, 0.05) is 19.1 Å². The Bertz CT molecular complexity index is 480. The van der Waals surface area contributed by atoms with Crippen LogP contribution < -0.4 is 0 Å². The Balaban J connectivity index is 1.96. The van der Waals surface area contributed by atoms with Crippen molar-refractivity contribution >= 4 is 32.9 Å². The van der Waals surface area contributed by atoms with E-state index < -0.39 is 10.0 Å². The van der Waals surface area contributed by atoms with Crippen molar-refractivity contribution in [1.29, 1.82) is 0 Å². The van der Waals surface area contributed by atoms with Gasteiger partial charge in [0.15, 0.2) is 0 Å². The van der Waals surface area contributed by atoms with Gasteiger partial charge in [0.2, 0.25) is 15.9 Å². The number of thioether (sulfide) groups is 1. The third-order valence-corrected chi connectivity index (χ3v) is 6.59. The van der Waals surface area contributed by atoms with Crippen LogP contribution in [0.3, 0.4) is 0 Å². The fourth-order valence-corrected chi connectivity index (χ4v) is 5.22. The fraction of sp³-hybridized carbons (Fsp3) is 0.833. The Morgan fingerprint density at radius 1 is 1.25 bits per heavy atom. The average Bonchev–Trinajstić information content (AvgIpc) is 2.68. The molecule has 2 saturated heterocycles. The van der Waals surface area contributed by atoms with E-state index in [2.05, 4.69) is 0 Å². The maximum absolute atomic E-state index is 12.1. The Morgan fingerprint density at radius 2 is 1.85 bits per heavy atom. The van der Waals surface area contributed by atoms with E-state index in [9.17, 15) is 18.0 Å². The number of hydrogen-bond acceptors (Lipinski definition) is 5. The van der Waals surface area contributed by atoms with Gasteiger partial charge in [0.25, 0.3) is 5.24 Å². The minimum Gasteiger partial charge on any atom is -0.273 e. The zero-order chi connectivity index (χ0) is 14.9. The van der Waals surface area contributed by atoms with Gasteiger partial charge in [-0.2, -0.15) is 0 Å². The highest BCUT2D eigenvalue weighted by atomic mass is 32.2. The second-order valence-corrected chi connectivity index (χ2v) is 8.56. The van der Waals surface area contributed by atoms with Gasteiger partial charge in [-0.05, 0) is 18.8 Å². The highest BCUT2D eigenvalue weighted by molar-refractivity contribution is 8.14. The van der Waals surface area contributed by atoms with Crippen LogP contribution in [-0.4, -0.2) is 59.4 Å². The van der Waals surface area contributed by atoms with Crippen LogP contribution in [0, 0.1) is 5.92 Å². The highest BCUT2D eigenvalue weighted by Crippen LogP contribution is 2.27. The van der Waals surface area contributed by atoms with Gasteiger partial charge in [-0.1, -0.05) is 25.6 Å². The van der Waals surface area contributed by atoms with E-state index in [0.29, 0.717) is 25.9 Å². The molecule has 114 valence electrons. The molecule has 0 aliphatic carbocycles. The molecule has 8 heteroatoms. The zero-order valence-corrected chi connectivity index (χ0v) is 13.4. The molecule has 20 heavy (non-hydrogen) atoms. The van der Waals surface area contributed by atoms with Gasteiger partial charge in [-0.15, -0.1) is 0 Å². The third-order valence-electron chi connectivity index (χ3n) is 3.51. The van der Waals surface area contributed by atoms with Gasteiger partial charge in [0.05, 0.1) is 11.5 Å². The van der Waals surface area contributed by atoms with Gasteiger partial charge in [-0.25, -0.2) is 12.7 Å². The quantitative estimate of drug-likeness (QED) is 0.776. The summed E-state index contributed by atoms with van der Waals surface area (Å²) in [4.78, 5) is 24.6. The van der Waals surface area contributed by atoms with E-state index in [4.69, 9.17) is 0 Å². The molecular formula is C12H20N2O4S2. The first-order valence-corrected chi connectivity index (χ1v) is 9.37. The Hall–Kier alpha value is -0.600. The van der Waals surface area contributed by atoms with Crippen LogP contribution in [0.25, 0.3) is 0 Å². The largest absolute Gasteiger partial charge is 0.289 e. The number of carbonyl (C=O) groups is 2. The molecule has 0 aromatic rings. The molecule has 0 atom stereocenters. The molecule has 2 rings (SSSR count). The highest BCUT2D eigenvalue weighted by Gasteiger charge is 2.39. The van der Waals surface area contributed by atoms with Crippen molar-refractivity contribution in [2.75, 3.05) is 24.6 Å². The summed E-state index contributed by atoms with van der Waals surface area (Å²) in [6, 6.07) is -0.143. The van der Waals surface area contributed by atoms with E-state index in [1.165, 1.54) is 9.21 Å². The summed E-state index contributed by atoms with van der Waals surface area (Å²) in [5, 5.41) is -0.196. The SMILES string of the molecule is CC(C)CS(=O)(=O)N1CCC(N2C(=O)CSC2=O)CC1. The lowest BCUT2D eigenvalue weighted by molar-refractivity contribution is -0.126. The first-order valence-electron chi connectivity index (χ1n) is 6.78. The van der Waals surface area contributed by atoms with E-state index >= 15 is 0 Å². The molecule has 0 N–H and O–H groups in total. The predicted molar refractivity (Wildman–Crippen MR) is 77.9 cm³/mol. The van der Waals surface area contributed by atoms with Crippen LogP contribution in [0.5, 0.6) is 0 Å². The second kappa shape index (κ2) is 6.03. The van der Waals surface area contributed by atoms with E-state index in [0.717, 1.165) is 11.8 Å². The van der Waals surface area contributed by atoms with Crippen LogP contribution in [0.15, 0.2) is 0 Å². The van der Waals surface area contributed by atoms with Crippen molar-refractivity contribution in [2.24, 2.45) is 5.92 Å². The minimum atomic E-state index is -3.22. The molecule has 0 aromatic heterocycles. The van der Waals surface area contributed by atoms with Gasteiger partial charge in [-0.3, -0.25) is 14.5 Å². The van der Waals surface area contributed by atoms with Gasteiger partial charge in [0.1, 0.15) is 0 Å². The molecule has 2 aliphatic rings. The lowest BCUT2D eigenvalue weighted by Crippen LogP contribution is -2.48. The summed E-state index contributed by atoms with van der Waals surface area (Å²) >= 11 is 1.03. The third kappa shape index (κ3) is 3.35. The topological polar surface area (TPSA) is 74.8 Å². The number of amides is 2. The summed E-state index contributed by atoms with van der Waals surface area (Å²) in [5.41, 5.74) is 0. The van der Waals surface area contributed by atoms with Crippen LogP contribution in [-0.2, 0) is 14.8 Å². The number of imide groups is 1. The molecule has 2 aliphatic heterocycles. The van der Waals surface area contributed by atoms with Crippen molar-refractivity contribution in [3.05, 3.63) is 0 Å². The lowest BCUT2D eigenvalue weighted by Gasteiger charge is -2.35. The van der Waals surface area contributed by atoms with Crippen molar-refractivity contribution in [1.82, 2.24) is 9.21 Å². The smallest absolute Gasteiger partial charge is 0.273 e. The Morgan fingerprint density at radius 3 is 2.30 bits per heavy atom. The average molecular weight is 320 g/mol. The Labute approximate surface area is 123 Å². The lowest BCUT2D eigenvalue weighted by atomic mass is 10.1. The van der Waals surface area contributed by atoms with Crippen molar-refractivity contribution in [3.8, 4) is 0 Å². The van der Waals surface area contributed by atoms with Gasteiger partial charge >= 0.3 is 0 Å². The molecule has 0 radical (unpaired) electrons. The van der Waals surface area contributed by atoms with E-state index in [1.54, 1.807) is 0 Å². The monoisotopic (exact) mass is 320 g/mol. The van der Waals surface area contributed by atoms with Gasteiger partial charge < -0.3 is 0 Å². The summed E-state index contributed by atoms with van der Waals surface area (Å²) in [7, 11) is -3.22. The van der Waals surface area contributed by atoms with Crippen molar-refractivity contribution in [2.45, 2.75) is 32.7 Å². The van der Waals surface area contributed by atoms with Crippen LogP contribution in [0.1, 0.15) is 26.7 Å². The second-order valence-electron chi connectivity index (χ2n) is 5.62.